The van der Waals surface area contributed by atoms with Crippen molar-refractivity contribution in [3.63, 3.8) is 0 Å². The van der Waals surface area contributed by atoms with Gasteiger partial charge in [0, 0.05) is 17.5 Å². The van der Waals surface area contributed by atoms with E-state index in [1.165, 1.54) is 0 Å². The summed E-state index contributed by atoms with van der Waals surface area (Å²) in [5.74, 6) is -1.06. The SMILES string of the molecule is CC1NCCC1C(=O)N1CCc2sccc2C1C(=O)O. The molecule has 108 valence electrons. The first kappa shape index (κ1) is 13.6. The molecule has 0 bridgehead atoms. The van der Waals surface area contributed by atoms with Gasteiger partial charge < -0.3 is 15.3 Å². The number of carboxylic acids is 1. The Bertz CT molecular complexity index is 542. The van der Waals surface area contributed by atoms with Crippen LogP contribution in [0.25, 0.3) is 0 Å². The minimum atomic E-state index is -0.934. The molecule has 0 aromatic carbocycles. The fourth-order valence-electron chi connectivity index (χ4n) is 3.23. The summed E-state index contributed by atoms with van der Waals surface area (Å²) < 4.78 is 0. The molecule has 2 aliphatic heterocycles. The van der Waals surface area contributed by atoms with Crippen molar-refractivity contribution in [2.75, 3.05) is 13.1 Å². The summed E-state index contributed by atoms with van der Waals surface area (Å²) in [6.07, 6.45) is 1.55. The van der Waals surface area contributed by atoms with Crippen molar-refractivity contribution in [2.24, 2.45) is 5.92 Å². The molecule has 3 rings (SSSR count). The van der Waals surface area contributed by atoms with Gasteiger partial charge in [-0.15, -0.1) is 11.3 Å². The summed E-state index contributed by atoms with van der Waals surface area (Å²) in [6.45, 7) is 3.32. The van der Waals surface area contributed by atoms with Gasteiger partial charge in [-0.3, -0.25) is 4.79 Å². The van der Waals surface area contributed by atoms with E-state index in [2.05, 4.69) is 5.32 Å². The first-order valence-electron chi connectivity index (χ1n) is 6.92. The highest BCUT2D eigenvalue weighted by molar-refractivity contribution is 7.10. The summed E-state index contributed by atoms with van der Waals surface area (Å²) in [7, 11) is 0. The van der Waals surface area contributed by atoms with Crippen molar-refractivity contribution < 1.29 is 14.7 Å². The van der Waals surface area contributed by atoms with Crippen molar-refractivity contribution in [3.05, 3.63) is 21.9 Å². The van der Waals surface area contributed by atoms with Crippen LogP contribution in [0.2, 0.25) is 0 Å². The summed E-state index contributed by atoms with van der Waals surface area (Å²) in [6, 6.07) is 1.15. The van der Waals surface area contributed by atoms with Crippen molar-refractivity contribution in [2.45, 2.75) is 31.8 Å². The topological polar surface area (TPSA) is 69.6 Å². The summed E-state index contributed by atoms with van der Waals surface area (Å²) in [5.41, 5.74) is 0.792. The average Bonchev–Trinajstić information content (AvgIpc) is 3.04. The lowest BCUT2D eigenvalue weighted by Crippen LogP contribution is -2.47. The van der Waals surface area contributed by atoms with Crippen LogP contribution in [0, 0.1) is 5.92 Å². The molecule has 0 radical (unpaired) electrons. The van der Waals surface area contributed by atoms with Gasteiger partial charge in [0.15, 0.2) is 6.04 Å². The number of nitrogens with zero attached hydrogens (tertiary/aromatic N) is 1. The van der Waals surface area contributed by atoms with Gasteiger partial charge in [0.1, 0.15) is 0 Å². The van der Waals surface area contributed by atoms with Gasteiger partial charge in [-0.05, 0) is 43.3 Å². The van der Waals surface area contributed by atoms with E-state index in [0.717, 1.165) is 29.8 Å². The summed E-state index contributed by atoms with van der Waals surface area (Å²) in [4.78, 5) is 27.0. The van der Waals surface area contributed by atoms with Crippen molar-refractivity contribution in [1.29, 1.82) is 0 Å². The highest BCUT2D eigenvalue weighted by Gasteiger charge is 2.41. The van der Waals surface area contributed by atoms with E-state index in [4.69, 9.17) is 0 Å². The lowest BCUT2D eigenvalue weighted by Gasteiger charge is -2.35. The molecule has 6 heteroatoms. The first-order valence-corrected chi connectivity index (χ1v) is 7.80. The number of carbonyl (C=O) groups is 2. The van der Waals surface area contributed by atoms with E-state index in [1.54, 1.807) is 16.2 Å². The number of carbonyl (C=O) groups excluding carboxylic acids is 1. The zero-order valence-corrected chi connectivity index (χ0v) is 12.2. The number of rotatable bonds is 2. The van der Waals surface area contributed by atoms with E-state index in [-0.39, 0.29) is 17.9 Å². The highest BCUT2D eigenvalue weighted by Crippen LogP contribution is 2.35. The molecule has 2 aliphatic rings. The van der Waals surface area contributed by atoms with E-state index >= 15 is 0 Å². The van der Waals surface area contributed by atoms with Crippen LogP contribution in [-0.2, 0) is 16.0 Å². The van der Waals surface area contributed by atoms with E-state index in [0.29, 0.717) is 6.54 Å². The quantitative estimate of drug-likeness (QED) is 0.861. The van der Waals surface area contributed by atoms with Crippen LogP contribution in [0.3, 0.4) is 0 Å². The molecule has 20 heavy (non-hydrogen) atoms. The number of aliphatic carboxylic acids is 1. The molecule has 1 amide bonds. The minimum absolute atomic E-state index is 0.0215. The summed E-state index contributed by atoms with van der Waals surface area (Å²) in [5, 5.41) is 14.7. The van der Waals surface area contributed by atoms with E-state index in [9.17, 15) is 14.7 Å². The van der Waals surface area contributed by atoms with Gasteiger partial charge in [0.05, 0.1) is 5.92 Å². The Balaban J connectivity index is 1.89. The molecule has 1 aromatic heterocycles. The van der Waals surface area contributed by atoms with Crippen molar-refractivity contribution in [1.82, 2.24) is 10.2 Å². The van der Waals surface area contributed by atoms with Crippen LogP contribution in [0.5, 0.6) is 0 Å². The van der Waals surface area contributed by atoms with Crippen molar-refractivity contribution in [3.8, 4) is 0 Å². The third-order valence-electron chi connectivity index (χ3n) is 4.33. The molecule has 1 fully saturated rings. The lowest BCUT2D eigenvalue weighted by atomic mass is 9.94. The van der Waals surface area contributed by atoms with Gasteiger partial charge in [0.25, 0.3) is 0 Å². The van der Waals surface area contributed by atoms with Crippen LogP contribution in [-0.4, -0.2) is 41.0 Å². The van der Waals surface area contributed by atoms with E-state index in [1.807, 2.05) is 18.4 Å². The maximum Gasteiger partial charge on any atom is 0.331 e. The molecule has 5 nitrogen and oxygen atoms in total. The van der Waals surface area contributed by atoms with Crippen LogP contribution in [0.1, 0.15) is 29.8 Å². The molecule has 1 aromatic rings. The molecule has 2 N–H and O–H groups in total. The zero-order valence-electron chi connectivity index (χ0n) is 11.3. The number of hydrogen-bond acceptors (Lipinski definition) is 4. The number of amides is 1. The maximum atomic E-state index is 12.7. The Kier molecular flexibility index (Phi) is 3.52. The van der Waals surface area contributed by atoms with Gasteiger partial charge in [-0.25, -0.2) is 4.79 Å². The van der Waals surface area contributed by atoms with Crippen LogP contribution in [0.4, 0.5) is 0 Å². The molecule has 0 spiro atoms. The van der Waals surface area contributed by atoms with Gasteiger partial charge >= 0.3 is 5.97 Å². The molecular formula is C14H18N2O3S. The normalized spacial score (nSPS) is 29.2. The van der Waals surface area contributed by atoms with Crippen LogP contribution in [0.15, 0.2) is 11.4 Å². The fraction of sp³-hybridized carbons (Fsp3) is 0.571. The predicted octanol–water partition coefficient (Wildman–Crippen LogP) is 1.26. The Morgan fingerprint density at radius 2 is 2.30 bits per heavy atom. The number of thiophene rings is 1. The van der Waals surface area contributed by atoms with Gasteiger partial charge in [-0.2, -0.15) is 0 Å². The third kappa shape index (κ3) is 2.13. The lowest BCUT2D eigenvalue weighted by molar-refractivity contribution is -0.153. The Morgan fingerprint density at radius 3 is 2.95 bits per heavy atom. The zero-order chi connectivity index (χ0) is 14.3. The largest absolute Gasteiger partial charge is 0.479 e. The molecule has 1 saturated heterocycles. The molecule has 0 saturated carbocycles. The Morgan fingerprint density at radius 1 is 1.50 bits per heavy atom. The smallest absolute Gasteiger partial charge is 0.331 e. The molecule has 3 heterocycles. The molecular weight excluding hydrogens is 276 g/mol. The number of hydrogen-bond donors (Lipinski definition) is 2. The second kappa shape index (κ2) is 5.18. The van der Waals surface area contributed by atoms with Gasteiger partial charge in [0.2, 0.25) is 5.91 Å². The average molecular weight is 294 g/mol. The minimum Gasteiger partial charge on any atom is -0.479 e. The number of fused-ring (bicyclic) bond motifs is 1. The predicted molar refractivity (Wildman–Crippen MR) is 75.7 cm³/mol. The maximum absolute atomic E-state index is 12.7. The third-order valence-corrected chi connectivity index (χ3v) is 5.32. The molecule has 3 atom stereocenters. The standard InChI is InChI=1S/C14H18N2O3S/c1-8-9(2-5-15-8)13(17)16-6-3-11-10(4-7-20-11)12(16)14(18)19/h4,7-9,12,15H,2-3,5-6H2,1H3,(H,18,19). The number of carboxylic acid groups (broad SMARTS) is 1. The summed E-state index contributed by atoms with van der Waals surface area (Å²) >= 11 is 1.58. The van der Waals surface area contributed by atoms with Crippen molar-refractivity contribution >= 4 is 23.2 Å². The van der Waals surface area contributed by atoms with Crippen LogP contribution < -0.4 is 5.32 Å². The van der Waals surface area contributed by atoms with Gasteiger partial charge in [-0.1, -0.05) is 0 Å². The monoisotopic (exact) mass is 294 g/mol. The second-order valence-corrected chi connectivity index (χ2v) is 6.46. The van der Waals surface area contributed by atoms with Crippen LogP contribution >= 0.6 is 11.3 Å². The van der Waals surface area contributed by atoms with E-state index < -0.39 is 12.0 Å². The Hall–Kier alpha value is -1.40. The number of nitrogens with one attached hydrogen (secondary N) is 1. The fourth-order valence-corrected chi connectivity index (χ4v) is 4.13. The molecule has 0 aliphatic carbocycles. The molecule has 3 unspecified atom stereocenters. The first-order chi connectivity index (χ1) is 9.59. The second-order valence-electron chi connectivity index (χ2n) is 5.46. The highest BCUT2D eigenvalue weighted by atomic mass is 32.1. The Labute approximate surface area is 121 Å².